The van der Waals surface area contributed by atoms with Crippen LogP contribution in [0.1, 0.15) is 31.5 Å². The van der Waals surface area contributed by atoms with Crippen molar-refractivity contribution < 1.29 is 8.78 Å². The van der Waals surface area contributed by atoms with E-state index in [1.165, 1.54) is 13.0 Å². The molecule has 1 fully saturated rings. The quantitative estimate of drug-likeness (QED) is 0.848. The van der Waals surface area contributed by atoms with E-state index in [1.807, 2.05) is 0 Å². The van der Waals surface area contributed by atoms with Gasteiger partial charge in [-0.3, -0.25) is 0 Å². The van der Waals surface area contributed by atoms with Gasteiger partial charge >= 0.3 is 0 Å². The van der Waals surface area contributed by atoms with E-state index in [-0.39, 0.29) is 11.9 Å². The zero-order valence-corrected chi connectivity index (χ0v) is 9.97. The molecule has 0 amide bonds. The normalized spacial score (nSPS) is 22.2. The van der Waals surface area contributed by atoms with Gasteiger partial charge in [-0.1, -0.05) is 6.07 Å². The van der Waals surface area contributed by atoms with Crippen molar-refractivity contribution >= 4 is 5.69 Å². The van der Waals surface area contributed by atoms with Gasteiger partial charge in [0.15, 0.2) is 0 Å². The minimum absolute atomic E-state index is 0.256. The van der Waals surface area contributed by atoms with Gasteiger partial charge in [0.05, 0.1) is 5.69 Å². The van der Waals surface area contributed by atoms with Crippen LogP contribution in [0.5, 0.6) is 0 Å². The van der Waals surface area contributed by atoms with Gasteiger partial charge in [0, 0.05) is 12.6 Å². The van der Waals surface area contributed by atoms with Crippen LogP contribution in [-0.4, -0.2) is 19.1 Å². The molecule has 17 heavy (non-hydrogen) atoms. The predicted molar refractivity (Wildman–Crippen MR) is 65.4 cm³/mol. The van der Waals surface area contributed by atoms with Gasteiger partial charge in [0.25, 0.3) is 0 Å². The zero-order chi connectivity index (χ0) is 12.3. The van der Waals surface area contributed by atoms with Gasteiger partial charge in [-0.25, -0.2) is 8.78 Å². The number of hydrogen-bond donors (Lipinski definition) is 2. The van der Waals surface area contributed by atoms with E-state index in [4.69, 9.17) is 0 Å². The molecule has 1 aromatic carbocycles. The van der Waals surface area contributed by atoms with Crippen molar-refractivity contribution in [1.82, 2.24) is 5.32 Å². The van der Waals surface area contributed by atoms with E-state index in [2.05, 4.69) is 10.6 Å². The minimum Gasteiger partial charge on any atom is -0.379 e. The number of nitrogens with one attached hydrogen (secondary N) is 2. The fourth-order valence-electron chi connectivity index (χ4n) is 2.09. The van der Waals surface area contributed by atoms with Crippen molar-refractivity contribution in [3.05, 3.63) is 29.6 Å². The van der Waals surface area contributed by atoms with E-state index in [1.54, 1.807) is 12.1 Å². The Morgan fingerprint density at radius 1 is 1.47 bits per heavy atom. The fourth-order valence-corrected chi connectivity index (χ4v) is 2.09. The molecule has 0 bridgehead atoms. The van der Waals surface area contributed by atoms with Gasteiger partial charge in [0.1, 0.15) is 12.0 Å². The average Bonchev–Trinajstić information content (AvgIpc) is 2.33. The summed E-state index contributed by atoms with van der Waals surface area (Å²) in [5, 5.41) is 6.41. The highest BCUT2D eigenvalue weighted by Crippen LogP contribution is 2.23. The van der Waals surface area contributed by atoms with Crippen LogP contribution in [0.2, 0.25) is 0 Å². The van der Waals surface area contributed by atoms with E-state index < -0.39 is 6.17 Å². The van der Waals surface area contributed by atoms with E-state index >= 15 is 0 Å². The molecule has 2 rings (SSSR count). The van der Waals surface area contributed by atoms with Crippen LogP contribution < -0.4 is 10.6 Å². The number of benzene rings is 1. The number of anilines is 1. The lowest BCUT2D eigenvalue weighted by Gasteiger charge is -2.25. The first-order valence-corrected chi connectivity index (χ1v) is 6.07. The Morgan fingerprint density at radius 2 is 2.29 bits per heavy atom. The maximum atomic E-state index is 13.7. The highest BCUT2D eigenvalue weighted by Gasteiger charge is 2.15. The second-order valence-corrected chi connectivity index (χ2v) is 4.54. The molecule has 2 N–H and O–H groups in total. The molecule has 94 valence electrons. The maximum Gasteiger partial charge on any atom is 0.146 e. The third-order valence-corrected chi connectivity index (χ3v) is 3.11. The number of hydrogen-bond acceptors (Lipinski definition) is 2. The van der Waals surface area contributed by atoms with Crippen molar-refractivity contribution in [1.29, 1.82) is 0 Å². The molecular weight excluding hydrogens is 222 g/mol. The van der Waals surface area contributed by atoms with Gasteiger partial charge in [-0.15, -0.1) is 0 Å². The first kappa shape index (κ1) is 12.3. The molecule has 2 atom stereocenters. The largest absolute Gasteiger partial charge is 0.379 e. The number of rotatable bonds is 3. The summed E-state index contributed by atoms with van der Waals surface area (Å²) in [5.41, 5.74) is 0.845. The van der Waals surface area contributed by atoms with Crippen molar-refractivity contribution in [2.75, 3.05) is 18.4 Å². The Balaban J connectivity index is 2.05. The van der Waals surface area contributed by atoms with Gasteiger partial charge in [-0.2, -0.15) is 0 Å². The highest BCUT2D eigenvalue weighted by molar-refractivity contribution is 5.47. The summed E-state index contributed by atoms with van der Waals surface area (Å²) in [4.78, 5) is 0. The minimum atomic E-state index is -1.13. The van der Waals surface area contributed by atoms with Crippen molar-refractivity contribution in [3.8, 4) is 0 Å². The second-order valence-electron chi connectivity index (χ2n) is 4.54. The van der Waals surface area contributed by atoms with Crippen molar-refractivity contribution in [3.63, 3.8) is 0 Å². The van der Waals surface area contributed by atoms with Crippen molar-refractivity contribution in [2.45, 2.75) is 32.0 Å². The van der Waals surface area contributed by atoms with Gasteiger partial charge < -0.3 is 10.6 Å². The smallest absolute Gasteiger partial charge is 0.146 e. The lowest BCUT2D eigenvalue weighted by molar-refractivity contribution is 0.373. The molecule has 0 radical (unpaired) electrons. The molecule has 0 aromatic heterocycles. The Kier molecular flexibility index (Phi) is 3.94. The third kappa shape index (κ3) is 3.16. The van der Waals surface area contributed by atoms with Gasteiger partial charge in [-0.05, 0) is 44.0 Å². The van der Waals surface area contributed by atoms with E-state index in [9.17, 15) is 8.78 Å². The van der Waals surface area contributed by atoms with Crippen LogP contribution >= 0.6 is 0 Å². The van der Waals surface area contributed by atoms with Crippen LogP contribution in [0.15, 0.2) is 18.2 Å². The molecule has 1 saturated heterocycles. The molecule has 1 aliphatic rings. The van der Waals surface area contributed by atoms with Crippen LogP contribution in [0.4, 0.5) is 14.5 Å². The first-order chi connectivity index (χ1) is 8.16. The Hall–Kier alpha value is -1.16. The summed E-state index contributed by atoms with van der Waals surface area (Å²) in [5.74, 6) is -0.377. The third-order valence-electron chi connectivity index (χ3n) is 3.11. The number of piperidine rings is 1. The Bertz CT molecular complexity index is 374. The van der Waals surface area contributed by atoms with E-state index in [0.29, 0.717) is 11.3 Å². The number of alkyl halides is 1. The summed E-state index contributed by atoms with van der Waals surface area (Å²) >= 11 is 0. The molecule has 0 saturated carbocycles. The standard InChI is InChI=1S/C13H18F2N2/c1-9(14)10-4-5-13(12(15)7-10)17-11-3-2-6-16-8-11/h4-5,7,9,11,16-17H,2-3,6,8H2,1H3. The summed E-state index contributed by atoms with van der Waals surface area (Å²) in [6.45, 7) is 3.28. The molecule has 2 unspecified atom stereocenters. The first-order valence-electron chi connectivity index (χ1n) is 6.07. The van der Waals surface area contributed by atoms with Crippen LogP contribution in [-0.2, 0) is 0 Å². The summed E-state index contributed by atoms with van der Waals surface area (Å²) in [6, 6.07) is 4.78. The summed E-state index contributed by atoms with van der Waals surface area (Å²) < 4.78 is 26.7. The topological polar surface area (TPSA) is 24.1 Å². The average molecular weight is 240 g/mol. The Labute approximate surface area is 100 Å². The van der Waals surface area contributed by atoms with Crippen molar-refractivity contribution in [2.24, 2.45) is 0 Å². The lowest BCUT2D eigenvalue weighted by atomic mass is 10.1. The van der Waals surface area contributed by atoms with Crippen LogP contribution in [0.25, 0.3) is 0 Å². The summed E-state index contributed by atoms with van der Waals surface area (Å²) in [7, 11) is 0. The summed E-state index contributed by atoms with van der Waals surface area (Å²) in [6.07, 6.45) is 1.00. The highest BCUT2D eigenvalue weighted by atomic mass is 19.1. The molecule has 1 aromatic rings. The Morgan fingerprint density at radius 3 is 2.88 bits per heavy atom. The molecule has 1 aliphatic heterocycles. The number of halogens is 2. The maximum absolute atomic E-state index is 13.7. The molecule has 0 spiro atoms. The van der Waals surface area contributed by atoms with Gasteiger partial charge in [0.2, 0.25) is 0 Å². The monoisotopic (exact) mass is 240 g/mol. The predicted octanol–water partition coefficient (Wildman–Crippen LogP) is 3.02. The molecular formula is C13H18F2N2. The molecule has 1 heterocycles. The molecule has 2 nitrogen and oxygen atoms in total. The zero-order valence-electron chi connectivity index (χ0n) is 9.97. The van der Waals surface area contributed by atoms with E-state index in [0.717, 1.165) is 25.9 Å². The molecule has 0 aliphatic carbocycles. The second kappa shape index (κ2) is 5.45. The van der Waals surface area contributed by atoms with Crippen LogP contribution in [0.3, 0.4) is 0 Å². The molecule has 4 heteroatoms. The lowest BCUT2D eigenvalue weighted by Crippen LogP contribution is -2.38. The fraction of sp³-hybridized carbons (Fsp3) is 0.538. The SMILES string of the molecule is CC(F)c1ccc(NC2CCCNC2)c(F)c1. The van der Waals surface area contributed by atoms with Crippen LogP contribution in [0, 0.1) is 5.82 Å².